The van der Waals surface area contributed by atoms with Gasteiger partial charge in [0, 0.05) is 12.1 Å². The number of carbonyl (C=O) groups excluding carboxylic acids is 1. The Morgan fingerprint density at radius 3 is 2.80 bits per heavy atom. The molecule has 1 atom stereocenters. The summed E-state index contributed by atoms with van der Waals surface area (Å²) in [6, 6.07) is 2.01. The molecular formula is C9H13Br2N3O. The molecule has 0 saturated carbocycles. The second kappa shape index (κ2) is 5.65. The number of carbonyl (C=O) groups is 1. The van der Waals surface area contributed by atoms with E-state index in [1.165, 1.54) is 0 Å². The minimum absolute atomic E-state index is 0.0272. The van der Waals surface area contributed by atoms with Crippen molar-refractivity contribution in [3.8, 4) is 0 Å². The molecular weight excluding hydrogens is 326 g/mol. The molecule has 0 aliphatic carbocycles. The number of halogens is 2. The zero-order valence-corrected chi connectivity index (χ0v) is 11.8. The number of hydrogen-bond donors (Lipinski definition) is 1. The van der Waals surface area contributed by atoms with Gasteiger partial charge in [0.2, 0.25) is 5.91 Å². The Bertz CT molecular complexity index is 351. The van der Waals surface area contributed by atoms with Crippen molar-refractivity contribution in [3.63, 3.8) is 0 Å². The smallest absolute Gasteiger partial charge is 0.241 e. The quantitative estimate of drug-likeness (QED) is 0.915. The summed E-state index contributed by atoms with van der Waals surface area (Å²) in [7, 11) is 0. The van der Waals surface area contributed by atoms with Gasteiger partial charge >= 0.3 is 0 Å². The number of amides is 1. The van der Waals surface area contributed by atoms with E-state index in [2.05, 4.69) is 42.3 Å². The van der Waals surface area contributed by atoms with Crippen molar-refractivity contribution in [1.29, 1.82) is 0 Å². The highest BCUT2D eigenvalue weighted by atomic mass is 79.9. The summed E-state index contributed by atoms with van der Waals surface area (Å²) >= 11 is 6.56. The highest BCUT2D eigenvalue weighted by Gasteiger charge is 2.09. The van der Waals surface area contributed by atoms with E-state index in [0.717, 1.165) is 11.0 Å². The zero-order chi connectivity index (χ0) is 11.4. The van der Waals surface area contributed by atoms with E-state index >= 15 is 0 Å². The molecule has 1 N–H and O–H groups in total. The van der Waals surface area contributed by atoms with E-state index in [0.29, 0.717) is 4.60 Å². The molecule has 1 rings (SSSR count). The molecule has 15 heavy (non-hydrogen) atoms. The van der Waals surface area contributed by atoms with Gasteiger partial charge < -0.3 is 5.32 Å². The third kappa shape index (κ3) is 3.95. The topological polar surface area (TPSA) is 46.9 Å². The molecule has 0 aliphatic rings. The predicted molar refractivity (Wildman–Crippen MR) is 65.5 cm³/mol. The molecule has 1 aromatic rings. The zero-order valence-electron chi connectivity index (χ0n) is 8.63. The van der Waals surface area contributed by atoms with Gasteiger partial charge in [0.1, 0.15) is 15.8 Å². The van der Waals surface area contributed by atoms with Crippen LogP contribution in [-0.2, 0) is 11.3 Å². The van der Waals surface area contributed by atoms with E-state index < -0.39 is 0 Å². The Balaban J connectivity index is 2.55. The van der Waals surface area contributed by atoms with Crippen LogP contribution in [-0.4, -0.2) is 21.7 Å². The van der Waals surface area contributed by atoms with Crippen LogP contribution < -0.4 is 5.32 Å². The van der Waals surface area contributed by atoms with Gasteiger partial charge in [0.15, 0.2) is 0 Å². The van der Waals surface area contributed by atoms with Crippen LogP contribution in [0.25, 0.3) is 0 Å². The van der Waals surface area contributed by atoms with Crippen molar-refractivity contribution in [2.24, 2.45) is 0 Å². The lowest BCUT2D eigenvalue weighted by Crippen LogP contribution is -2.34. The van der Waals surface area contributed by atoms with Crippen molar-refractivity contribution in [1.82, 2.24) is 15.1 Å². The number of aromatic nitrogens is 2. The summed E-state index contributed by atoms with van der Waals surface area (Å²) in [5, 5.41) is 6.99. The van der Waals surface area contributed by atoms with Crippen molar-refractivity contribution in [2.45, 2.75) is 32.9 Å². The highest BCUT2D eigenvalue weighted by Crippen LogP contribution is 2.15. The Labute approximate surface area is 106 Å². The van der Waals surface area contributed by atoms with Crippen molar-refractivity contribution in [2.75, 3.05) is 0 Å². The maximum absolute atomic E-state index is 11.5. The molecule has 0 fully saturated rings. The minimum atomic E-state index is -0.0272. The SMILES string of the molecule is CCC(C)NC(=O)Cn1nc(Br)cc1Br. The van der Waals surface area contributed by atoms with Crippen LogP contribution in [0.3, 0.4) is 0 Å². The Hall–Kier alpha value is -0.360. The average molecular weight is 339 g/mol. The predicted octanol–water partition coefficient (Wildman–Crippen LogP) is 2.32. The van der Waals surface area contributed by atoms with Crippen molar-refractivity contribution in [3.05, 3.63) is 15.3 Å². The molecule has 4 nitrogen and oxygen atoms in total. The molecule has 1 unspecified atom stereocenters. The molecule has 6 heteroatoms. The molecule has 0 spiro atoms. The molecule has 0 aromatic carbocycles. The molecule has 1 heterocycles. The van der Waals surface area contributed by atoms with Gasteiger partial charge in [-0.2, -0.15) is 5.10 Å². The molecule has 84 valence electrons. The average Bonchev–Trinajstić information content (AvgIpc) is 2.44. The third-order valence-electron chi connectivity index (χ3n) is 2.01. The van der Waals surface area contributed by atoms with E-state index in [4.69, 9.17) is 0 Å². The van der Waals surface area contributed by atoms with Gasteiger partial charge in [-0.3, -0.25) is 4.79 Å². The van der Waals surface area contributed by atoms with Gasteiger partial charge in [-0.15, -0.1) is 0 Å². The molecule has 0 aliphatic heterocycles. The van der Waals surface area contributed by atoms with Crippen LogP contribution in [0.1, 0.15) is 20.3 Å². The standard InChI is InChI=1S/C9H13Br2N3O/c1-3-6(2)12-9(15)5-14-8(11)4-7(10)13-14/h4,6H,3,5H2,1-2H3,(H,12,15). The van der Waals surface area contributed by atoms with Gasteiger partial charge in [-0.25, -0.2) is 4.68 Å². The van der Waals surface area contributed by atoms with Crippen LogP contribution in [0.2, 0.25) is 0 Å². The Kier molecular flexibility index (Phi) is 4.79. The van der Waals surface area contributed by atoms with Crippen LogP contribution in [0.5, 0.6) is 0 Å². The van der Waals surface area contributed by atoms with Gasteiger partial charge in [-0.1, -0.05) is 6.92 Å². The maximum Gasteiger partial charge on any atom is 0.241 e. The normalized spacial score (nSPS) is 12.5. The minimum Gasteiger partial charge on any atom is -0.352 e. The lowest BCUT2D eigenvalue weighted by atomic mass is 10.2. The van der Waals surface area contributed by atoms with Crippen LogP contribution >= 0.6 is 31.9 Å². The first-order chi connectivity index (χ1) is 7.02. The summed E-state index contributed by atoms with van der Waals surface area (Å²) in [4.78, 5) is 11.5. The monoisotopic (exact) mass is 337 g/mol. The fourth-order valence-corrected chi connectivity index (χ4v) is 2.17. The fraction of sp³-hybridized carbons (Fsp3) is 0.556. The van der Waals surface area contributed by atoms with E-state index in [9.17, 15) is 4.79 Å². The van der Waals surface area contributed by atoms with Crippen LogP contribution in [0.4, 0.5) is 0 Å². The lowest BCUT2D eigenvalue weighted by Gasteiger charge is -2.11. The van der Waals surface area contributed by atoms with Gasteiger partial charge in [-0.05, 0) is 45.2 Å². The molecule has 1 amide bonds. The molecule has 0 saturated heterocycles. The van der Waals surface area contributed by atoms with Crippen LogP contribution in [0.15, 0.2) is 15.3 Å². The van der Waals surface area contributed by atoms with E-state index in [-0.39, 0.29) is 18.5 Å². The number of hydrogen-bond acceptors (Lipinski definition) is 2. The summed E-state index contributed by atoms with van der Waals surface area (Å²) in [6.07, 6.45) is 0.926. The lowest BCUT2D eigenvalue weighted by molar-refractivity contribution is -0.122. The fourth-order valence-electron chi connectivity index (χ4n) is 1.03. The first-order valence-electron chi connectivity index (χ1n) is 4.71. The number of rotatable bonds is 4. The third-order valence-corrected chi connectivity index (χ3v) is 3.04. The van der Waals surface area contributed by atoms with Gasteiger partial charge in [0.05, 0.1) is 0 Å². The summed E-state index contributed by atoms with van der Waals surface area (Å²) in [6.45, 7) is 4.24. The number of nitrogens with zero attached hydrogens (tertiary/aromatic N) is 2. The second-order valence-corrected chi connectivity index (χ2v) is 4.95. The number of nitrogens with one attached hydrogen (secondary N) is 1. The Morgan fingerprint density at radius 1 is 1.67 bits per heavy atom. The van der Waals surface area contributed by atoms with E-state index in [1.807, 2.05) is 13.8 Å². The second-order valence-electron chi connectivity index (χ2n) is 3.32. The summed E-state index contributed by atoms with van der Waals surface area (Å²) < 4.78 is 3.10. The van der Waals surface area contributed by atoms with E-state index in [1.54, 1.807) is 10.7 Å². The molecule has 0 radical (unpaired) electrons. The van der Waals surface area contributed by atoms with Crippen molar-refractivity contribution >= 4 is 37.8 Å². The Morgan fingerprint density at radius 2 is 2.33 bits per heavy atom. The molecule has 0 bridgehead atoms. The molecule has 1 aromatic heterocycles. The highest BCUT2D eigenvalue weighted by molar-refractivity contribution is 9.11. The van der Waals surface area contributed by atoms with Gasteiger partial charge in [0.25, 0.3) is 0 Å². The summed E-state index contributed by atoms with van der Waals surface area (Å²) in [5.74, 6) is -0.0272. The largest absolute Gasteiger partial charge is 0.352 e. The van der Waals surface area contributed by atoms with Crippen molar-refractivity contribution < 1.29 is 4.79 Å². The van der Waals surface area contributed by atoms with Crippen LogP contribution in [0, 0.1) is 0 Å². The maximum atomic E-state index is 11.5. The first-order valence-corrected chi connectivity index (χ1v) is 6.29. The summed E-state index contributed by atoms with van der Waals surface area (Å²) in [5.41, 5.74) is 0. The first kappa shape index (κ1) is 12.7.